The van der Waals surface area contributed by atoms with E-state index in [4.69, 9.17) is 0 Å². The van der Waals surface area contributed by atoms with Crippen LogP contribution >= 0.6 is 0 Å². The van der Waals surface area contributed by atoms with Gasteiger partial charge < -0.3 is 15.5 Å². The van der Waals surface area contributed by atoms with E-state index in [1.807, 2.05) is 5.32 Å². The number of halogens is 8. The van der Waals surface area contributed by atoms with E-state index in [-0.39, 0.29) is 36.4 Å². The summed E-state index contributed by atoms with van der Waals surface area (Å²) in [5.74, 6) is -5.59. The van der Waals surface area contributed by atoms with Crippen LogP contribution in [0, 0.1) is 17.3 Å². The van der Waals surface area contributed by atoms with Crippen LogP contribution in [0.1, 0.15) is 59.7 Å². The lowest BCUT2D eigenvalue weighted by Gasteiger charge is -2.35. The van der Waals surface area contributed by atoms with E-state index in [9.17, 15) is 44.7 Å². The molecule has 1 saturated heterocycles. The van der Waals surface area contributed by atoms with E-state index in [0.717, 1.165) is 4.90 Å². The first kappa shape index (κ1) is 30.0. The molecule has 1 aliphatic heterocycles. The molecule has 4 heterocycles. The number of nitrogens with one attached hydrogen (secondary N) is 2. The highest BCUT2D eigenvalue weighted by Crippen LogP contribution is 2.71. The molecule has 3 aromatic rings. The molecule has 19 heteroatoms. The molecule has 2 saturated carbocycles. The van der Waals surface area contributed by atoms with Crippen molar-refractivity contribution in [2.45, 2.75) is 69.5 Å². The van der Waals surface area contributed by atoms with Crippen LogP contribution in [0.4, 0.5) is 39.9 Å². The van der Waals surface area contributed by atoms with Gasteiger partial charge in [-0.3, -0.25) is 4.79 Å². The van der Waals surface area contributed by atoms with Crippen LogP contribution in [0.5, 0.6) is 0 Å². The zero-order valence-corrected chi connectivity index (χ0v) is 22.7. The van der Waals surface area contributed by atoms with Gasteiger partial charge in [0, 0.05) is 31.2 Å². The fraction of sp³-hybridized carbons (Fsp3) is 0.600. The minimum Gasteiger partial charge on any atom is -0.342 e. The number of nitrogens with zero attached hydrogens (tertiary/aromatic N) is 6. The molecule has 1 unspecified atom stereocenters. The number of aromatic nitrogens is 5. The SMILES string of the molecule is CC1([C@@H](NC(=O)c2nonc2CCC(F)(F)F)c2cn3ncc(CN4C[C@@H](C(F)(F)F)NC4=O)cc3n2)C[C@@H]2[C@H](C1)C2(F)F. The highest BCUT2D eigenvalue weighted by atomic mass is 19.4. The predicted molar refractivity (Wildman–Crippen MR) is 130 cm³/mol. The number of hydrogen-bond donors (Lipinski definition) is 2. The number of amides is 3. The molecule has 2 N–H and O–H groups in total. The largest absolute Gasteiger partial charge is 0.410 e. The first-order chi connectivity index (χ1) is 20.4. The molecule has 3 fully saturated rings. The van der Waals surface area contributed by atoms with Gasteiger partial charge in [0.15, 0.2) is 11.3 Å². The third-order valence-electron chi connectivity index (χ3n) is 8.57. The summed E-state index contributed by atoms with van der Waals surface area (Å²) in [6.07, 6.45) is -8.31. The fourth-order valence-electron chi connectivity index (χ4n) is 6.24. The Morgan fingerprint density at radius 1 is 1.18 bits per heavy atom. The van der Waals surface area contributed by atoms with Crippen molar-refractivity contribution in [2.24, 2.45) is 17.3 Å². The van der Waals surface area contributed by atoms with Crippen molar-refractivity contribution >= 4 is 17.6 Å². The molecule has 0 radical (unpaired) electrons. The molecule has 3 aliphatic rings. The van der Waals surface area contributed by atoms with Crippen molar-refractivity contribution in [3.8, 4) is 0 Å². The van der Waals surface area contributed by atoms with Gasteiger partial charge in [-0.05, 0) is 35.0 Å². The summed E-state index contributed by atoms with van der Waals surface area (Å²) in [7, 11) is 0. The smallest absolute Gasteiger partial charge is 0.342 e. The Balaban J connectivity index is 1.26. The molecule has 2 aliphatic carbocycles. The number of urea groups is 1. The maximum absolute atomic E-state index is 14.1. The summed E-state index contributed by atoms with van der Waals surface area (Å²) >= 11 is 0. The Bertz CT molecular complexity index is 1590. The molecule has 3 amide bonds. The first-order valence-electron chi connectivity index (χ1n) is 13.5. The third-order valence-corrected chi connectivity index (χ3v) is 8.57. The van der Waals surface area contributed by atoms with Gasteiger partial charge in [0.1, 0.15) is 11.7 Å². The summed E-state index contributed by atoms with van der Waals surface area (Å²) in [4.78, 5) is 30.8. The number of rotatable bonds is 8. The summed E-state index contributed by atoms with van der Waals surface area (Å²) in [5.41, 5.74) is -1.03. The van der Waals surface area contributed by atoms with E-state index in [0.29, 0.717) is 5.56 Å². The second-order valence-corrected chi connectivity index (χ2v) is 11.8. The van der Waals surface area contributed by atoms with Crippen LogP contribution < -0.4 is 10.6 Å². The van der Waals surface area contributed by atoms with Crippen molar-refractivity contribution in [3.05, 3.63) is 41.1 Å². The zero-order chi connectivity index (χ0) is 31.8. The van der Waals surface area contributed by atoms with Gasteiger partial charge in [0.2, 0.25) is 0 Å². The topological polar surface area (TPSA) is 131 Å². The van der Waals surface area contributed by atoms with Crippen LogP contribution in [-0.2, 0) is 13.0 Å². The number of imidazole rings is 1. The van der Waals surface area contributed by atoms with Crippen molar-refractivity contribution in [1.82, 2.24) is 40.4 Å². The minimum atomic E-state index is -4.62. The van der Waals surface area contributed by atoms with E-state index >= 15 is 0 Å². The molecule has 0 bridgehead atoms. The van der Waals surface area contributed by atoms with Crippen LogP contribution in [0.2, 0.25) is 0 Å². The maximum atomic E-state index is 14.1. The Morgan fingerprint density at radius 2 is 1.89 bits per heavy atom. The standard InChI is InChI=1S/C25H24F8N8O3/c1-22(5-12-13(6-22)24(12,29)30)19(37-20(42)18-14(38-44-39-18)2-3-23(26,27)28)15-9-41-17(35-15)4-11(7-34-41)8-40-10-16(25(31,32)33)36-21(40)43/h4,7,9,12-13,16,19H,2-3,5-6,8,10H2,1H3,(H,36,43)(H,37,42)/t12-,13+,16-,19-,22?/m0/s1. The number of carbonyl (C=O) groups is 2. The monoisotopic (exact) mass is 636 g/mol. The van der Waals surface area contributed by atoms with Gasteiger partial charge in [-0.1, -0.05) is 12.1 Å². The Hall–Kier alpha value is -4.06. The molecule has 3 aromatic heterocycles. The number of carbonyl (C=O) groups excluding carboxylic acids is 2. The molecule has 0 spiro atoms. The van der Waals surface area contributed by atoms with Crippen molar-refractivity contribution in [1.29, 1.82) is 0 Å². The van der Waals surface area contributed by atoms with Crippen LogP contribution in [0.15, 0.2) is 23.1 Å². The van der Waals surface area contributed by atoms with Gasteiger partial charge in [-0.15, -0.1) is 0 Å². The Kier molecular flexibility index (Phi) is 6.80. The average Bonchev–Trinajstić information content (AvgIpc) is 3.56. The Labute approximate surface area is 242 Å². The molecule has 238 valence electrons. The third kappa shape index (κ3) is 5.51. The van der Waals surface area contributed by atoms with Crippen molar-refractivity contribution < 1.29 is 49.3 Å². The molecule has 6 rings (SSSR count). The molecule has 11 nitrogen and oxygen atoms in total. The number of alkyl halides is 8. The highest BCUT2D eigenvalue weighted by molar-refractivity contribution is 5.93. The summed E-state index contributed by atoms with van der Waals surface area (Å²) in [6.45, 7) is 0.881. The Morgan fingerprint density at radius 3 is 2.52 bits per heavy atom. The lowest BCUT2D eigenvalue weighted by Crippen LogP contribution is -2.40. The van der Waals surface area contributed by atoms with Gasteiger partial charge in [0.25, 0.3) is 11.8 Å². The summed E-state index contributed by atoms with van der Waals surface area (Å²) < 4.78 is 112. The van der Waals surface area contributed by atoms with Crippen LogP contribution in [0.25, 0.3) is 5.65 Å². The van der Waals surface area contributed by atoms with Crippen LogP contribution in [-0.4, -0.2) is 72.6 Å². The van der Waals surface area contributed by atoms with Gasteiger partial charge >= 0.3 is 18.4 Å². The van der Waals surface area contributed by atoms with E-state index in [1.54, 1.807) is 6.92 Å². The van der Waals surface area contributed by atoms with Gasteiger partial charge in [0.05, 0.1) is 30.7 Å². The molecular weight excluding hydrogens is 612 g/mol. The normalized spacial score (nSPS) is 27.0. The second-order valence-electron chi connectivity index (χ2n) is 11.8. The number of hydrogen-bond acceptors (Lipinski definition) is 7. The first-order valence-corrected chi connectivity index (χ1v) is 13.5. The molecular formula is C25H24F8N8O3. The van der Waals surface area contributed by atoms with E-state index < -0.39 is 84.6 Å². The lowest BCUT2D eigenvalue weighted by molar-refractivity contribution is -0.149. The predicted octanol–water partition coefficient (Wildman–Crippen LogP) is 4.22. The molecule has 5 atom stereocenters. The lowest BCUT2D eigenvalue weighted by atomic mass is 9.76. The number of aryl methyl sites for hydroxylation is 1. The van der Waals surface area contributed by atoms with Gasteiger partial charge in [-0.2, -0.15) is 31.4 Å². The van der Waals surface area contributed by atoms with E-state index in [2.05, 4.69) is 30.3 Å². The molecule has 0 aromatic carbocycles. The van der Waals surface area contributed by atoms with Gasteiger partial charge in [-0.25, -0.2) is 27.7 Å². The zero-order valence-electron chi connectivity index (χ0n) is 22.7. The van der Waals surface area contributed by atoms with Crippen molar-refractivity contribution in [2.75, 3.05) is 6.54 Å². The second kappa shape index (κ2) is 9.98. The fourth-order valence-corrected chi connectivity index (χ4v) is 6.24. The van der Waals surface area contributed by atoms with Crippen LogP contribution in [0.3, 0.4) is 0 Å². The summed E-state index contributed by atoms with van der Waals surface area (Å²) in [6, 6.07) is -2.47. The summed E-state index contributed by atoms with van der Waals surface area (Å²) in [5, 5.41) is 15.6. The molecule has 44 heavy (non-hydrogen) atoms. The average molecular weight is 637 g/mol. The van der Waals surface area contributed by atoms with E-state index in [1.165, 1.54) is 23.0 Å². The highest BCUT2D eigenvalue weighted by Gasteiger charge is 2.74. The van der Waals surface area contributed by atoms with Crippen molar-refractivity contribution in [3.63, 3.8) is 0 Å². The quantitative estimate of drug-likeness (QED) is 0.354. The maximum Gasteiger partial charge on any atom is 0.410 e. The number of fused-ring (bicyclic) bond motifs is 2. The minimum absolute atomic E-state index is 0.0185.